The van der Waals surface area contributed by atoms with Gasteiger partial charge in [-0.25, -0.2) is 9.18 Å². The van der Waals surface area contributed by atoms with E-state index in [2.05, 4.69) is 4.98 Å². The van der Waals surface area contributed by atoms with Crippen LogP contribution in [0.2, 0.25) is 0 Å². The van der Waals surface area contributed by atoms with Gasteiger partial charge in [-0.2, -0.15) is 4.68 Å². The lowest BCUT2D eigenvalue weighted by Gasteiger charge is -2.16. The summed E-state index contributed by atoms with van der Waals surface area (Å²) in [5.74, 6) is 5.17. The number of pyridine rings is 2. The maximum Gasteiger partial charge on any atom is 0.354 e. The molecular weight excluding hydrogens is 407 g/mol. The minimum Gasteiger partial charge on any atom is -0.494 e. The van der Waals surface area contributed by atoms with Crippen LogP contribution in [0.25, 0.3) is 27.1 Å². The summed E-state index contributed by atoms with van der Waals surface area (Å²) in [4.78, 5) is 30.3. The second-order valence-electron chi connectivity index (χ2n) is 7.19. The summed E-state index contributed by atoms with van der Waals surface area (Å²) in [6.45, 7) is 0. The van der Waals surface area contributed by atoms with Crippen LogP contribution in [0, 0.1) is 5.82 Å². The highest BCUT2D eigenvalue weighted by Gasteiger charge is 2.33. The van der Waals surface area contributed by atoms with E-state index in [1.54, 1.807) is 12.4 Å². The number of ether oxygens (including phenoxy) is 1. The SMILES string of the molecule is COc1c(-c2csc(-c3ccncc3)c2)c(F)cn2c(=O)n(N)c(=O)c(C3CC3)c12. The van der Waals surface area contributed by atoms with E-state index in [0.29, 0.717) is 15.8 Å². The van der Waals surface area contributed by atoms with Gasteiger partial charge in [0, 0.05) is 17.3 Å². The summed E-state index contributed by atoms with van der Waals surface area (Å²) in [5, 5.41) is 1.83. The van der Waals surface area contributed by atoms with Crippen molar-refractivity contribution in [1.29, 1.82) is 0 Å². The maximum atomic E-state index is 15.3. The molecule has 0 atom stereocenters. The van der Waals surface area contributed by atoms with Gasteiger partial charge in [-0.3, -0.25) is 14.2 Å². The van der Waals surface area contributed by atoms with Crippen molar-refractivity contribution in [2.75, 3.05) is 13.0 Å². The Kier molecular flexibility index (Phi) is 4.21. The van der Waals surface area contributed by atoms with Crippen LogP contribution in [0.5, 0.6) is 5.75 Å². The quantitative estimate of drug-likeness (QED) is 0.509. The predicted molar refractivity (Wildman–Crippen MR) is 113 cm³/mol. The van der Waals surface area contributed by atoms with Crippen LogP contribution in [-0.2, 0) is 0 Å². The average molecular weight is 424 g/mol. The smallest absolute Gasteiger partial charge is 0.354 e. The number of aromatic nitrogens is 3. The minimum absolute atomic E-state index is 0.0232. The Bertz CT molecular complexity index is 1400. The molecule has 5 rings (SSSR count). The highest BCUT2D eigenvalue weighted by atomic mass is 32.1. The molecule has 0 amide bonds. The Morgan fingerprint density at radius 3 is 2.63 bits per heavy atom. The van der Waals surface area contributed by atoms with E-state index in [1.165, 1.54) is 18.4 Å². The molecular formula is C21H17FN4O3S. The zero-order chi connectivity index (χ0) is 21.0. The third kappa shape index (κ3) is 2.73. The van der Waals surface area contributed by atoms with Crippen LogP contribution in [0.4, 0.5) is 4.39 Å². The Labute approximate surface area is 173 Å². The number of nitrogens with two attached hydrogens (primary N) is 1. The zero-order valence-electron chi connectivity index (χ0n) is 16.0. The first-order valence-corrected chi connectivity index (χ1v) is 10.2. The Hall–Kier alpha value is -3.46. The van der Waals surface area contributed by atoms with E-state index in [1.807, 2.05) is 23.6 Å². The highest BCUT2D eigenvalue weighted by molar-refractivity contribution is 7.14. The van der Waals surface area contributed by atoms with Gasteiger partial charge in [-0.15, -0.1) is 11.3 Å². The molecule has 1 saturated carbocycles. The summed E-state index contributed by atoms with van der Waals surface area (Å²) < 4.78 is 22.4. The van der Waals surface area contributed by atoms with E-state index in [0.717, 1.165) is 33.9 Å². The van der Waals surface area contributed by atoms with Gasteiger partial charge in [0.2, 0.25) is 0 Å². The fourth-order valence-corrected chi connectivity index (χ4v) is 4.67. The molecule has 2 N–H and O–H groups in total. The lowest BCUT2D eigenvalue weighted by Crippen LogP contribution is -2.44. The number of methoxy groups -OCH3 is 1. The first-order chi connectivity index (χ1) is 14.5. The first-order valence-electron chi connectivity index (χ1n) is 9.33. The van der Waals surface area contributed by atoms with Crippen LogP contribution >= 0.6 is 11.3 Å². The second kappa shape index (κ2) is 6.81. The van der Waals surface area contributed by atoms with Gasteiger partial charge in [0.25, 0.3) is 5.56 Å². The number of hydrogen-bond acceptors (Lipinski definition) is 6. The first kappa shape index (κ1) is 18.6. The van der Waals surface area contributed by atoms with Crippen LogP contribution in [0.3, 0.4) is 0 Å². The molecule has 4 aromatic rings. The Balaban J connectivity index is 1.82. The summed E-state index contributed by atoms with van der Waals surface area (Å²) in [5.41, 5.74) is 1.07. The van der Waals surface area contributed by atoms with E-state index in [-0.39, 0.29) is 22.7 Å². The number of rotatable bonds is 4. The molecule has 0 aliphatic heterocycles. The molecule has 0 bridgehead atoms. The van der Waals surface area contributed by atoms with Crippen LogP contribution in [0.1, 0.15) is 24.3 Å². The van der Waals surface area contributed by atoms with Crippen molar-refractivity contribution in [2.45, 2.75) is 18.8 Å². The van der Waals surface area contributed by atoms with Crippen molar-refractivity contribution in [2.24, 2.45) is 0 Å². The van der Waals surface area contributed by atoms with Gasteiger partial charge >= 0.3 is 5.69 Å². The van der Waals surface area contributed by atoms with Crippen molar-refractivity contribution in [3.63, 3.8) is 0 Å². The lowest BCUT2D eigenvalue weighted by atomic mass is 10.0. The molecule has 1 fully saturated rings. The summed E-state index contributed by atoms with van der Waals surface area (Å²) in [7, 11) is 1.41. The van der Waals surface area contributed by atoms with Crippen molar-refractivity contribution in [1.82, 2.24) is 14.1 Å². The maximum absolute atomic E-state index is 15.3. The largest absolute Gasteiger partial charge is 0.494 e. The molecule has 0 aromatic carbocycles. The molecule has 4 aromatic heterocycles. The molecule has 4 heterocycles. The molecule has 152 valence electrons. The van der Waals surface area contributed by atoms with E-state index in [4.69, 9.17) is 10.6 Å². The zero-order valence-corrected chi connectivity index (χ0v) is 16.8. The molecule has 0 radical (unpaired) electrons. The molecule has 1 aliphatic rings. The number of thiophene rings is 1. The van der Waals surface area contributed by atoms with Gasteiger partial charge < -0.3 is 10.6 Å². The van der Waals surface area contributed by atoms with Crippen molar-refractivity contribution in [3.8, 4) is 27.3 Å². The van der Waals surface area contributed by atoms with Crippen molar-refractivity contribution >= 4 is 16.9 Å². The molecule has 1 aliphatic carbocycles. The lowest BCUT2D eigenvalue weighted by molar-refractivity contribution is 0.414. The number of nitrogens with zero attached hydrogens (tertiary/aromatic N) is 3. The molecule has 30 heavy (non-hydrogen) atoms. The second-order valence-corrected chi connectivity index (χ2v) is 8.10. The molecule has 9 heteroatoms. The molecule has 0 saturated heterocycles. The van der Waals surface area contributed by atoms with E-state index >= 15 is 4.39 Å². The number of hydrogen-bond donors (Lipinski definition) is 1. The van der Waals surface area contributed by atoms with Crippen LogP contribution < -0.4 is 21.8 Å². The standard InChI is InChI=1S/C21H17FN4O3S/c1-29-19-16(13-8-15(30-10-13)11-4-6-24-7-5-11)14(22)9-25-18(19)17(12-2-3-12)20(27)26(23)21(25)28/h4-10,12H,2-3,23H2,1H3. The van der Waals surface area contributed by atoms with Crippen molar-refractivity contribution in [3.05, 3.63) is 74.4 Å². The third-order valence-corrected chi connectivity index (χ3v) is 6.30. The van der Waals surface area contributed by atoms with Gasteiger partial charge in [0.1, 0.15) is 5.52 Å². The normalized spacial score (nSPS) is 13.7. The van der Waals surface area contributed by atoms with Gasteiger partial charge in [-0.1, -0.05) is 0 Å². The predicted octanol–water partition coefficient (Wildman–Crippen LogP) is 2.99. The summed E-state index contributed by atoms with van der Waals surface area (Å²) >= 11 is 1.46. The Morgan fingerprint density at radius 1 is 1.23 bits per heavy atom. The molecule has 0 unspecified atom stereocenters. The van der Waals surface area contributed by atoms with Crippen LogP contribution in [-0.4, -0.2) is 21.2 Å². The average Bonchev–Trinajstić information content (AvgIpc) is 3.48. The summed E-state index contributed by atoms with van der Waals surface area (Å²) in [6, 6.07) is 5.60. The molecule has 0 spiro atoms. The fourth-order valence-electron chi connectivity index (χ4n) is 3.76. The fraction of sp³-hybridized carbons (Fsp3) is 0.190. The molecule has 7 nitrogen and oxygen atoms in total. The van der Waals surface area contributed by atoms with Gasteiger partial charge in [0.15, 0.2) is 11.6 Å². The topological polar surface area (TPSA) is 91.6 Å². The Morgan fingerprint density at radius 2 is 1.97 bits per heavy atom. The third-order valence-electron chi connectivity index (χ3n) is 5.32. The van der Waals surface area contributed by atoms with Gasteiger partial charge in [0.05, 0.1) is 24.4 Å². The van der Waals surface area contributed by atoms with Gasteiger partial charge in [-0.05, 0) is 53.5 Å². The van der Waals surface area contributed by atoms with Crippen LogP contribution in [0.15, 0.2) is 51.8 Å². The van der Waals surface area contributed by atoms with Crippen molar-refractivity contribution < 1.29 is 9.13 Å². The van der Waals surface area contributed by atoms with E-state index in [9.17, 15) is 9.59 Å². The highest BCUT2D eigenvalue weighted by Crippen LogP contribution is 2.45. The number of nitrogen functional groups attached to an aromatic ring is 1. The summed E-state index contributed by atoms with van der Waals surface area (Å²) in [6.07, 6.45) is 6.08. The minimum atomic E-state index is -0.814. The number of halogens is 1. The van der Waals surface area contributed by atoms with E-state index < -0.39 is 17.1 Å². The monoisotopic (exact) mass is 424 g/mol. The number of fused-ring (bicyclic) bond motifs is 1.